The van der Waals surface area contributed by atoms with Crippen LogP contribution in [0.3, 0.4) is 0 Å². The zero-order chi connectivity index (χ0) is 21.3. The molecule has 4 rings (SSSR count). The number of nitrogens with zero attached hydrogens (tertiary/aromatic N) is 1. The first-order chi connectivity index (χ1) is 14.3. The third kappa shape index (κ3) is 4.43. The summed E-state index contributed by atoms with van der Waals surface area (Å²) in [5.74, 6) is 0.935. The van der Waals surface area contributed by atoms with Gasteiger partial charge in [-0.2, -0.15) is 5.10 Å². The van der Waals surface area contributed by atoms with E-state index in [1.807, 2.05) is 61.5 Å². The zero-order valence-electron chi connectivity index (χ0n) is 17.3. The Bertz CT molecular complexity index is 1100. The van der Waals surface area contributed by atoms with Crippen LogP contribution in [-0.4, -0.2) is 11.6 Å². The Kier molecular flexibility index (Phi) is 5.69. The molecule has 1 aromatic heterocycles. The van der Waals surface area contributed by atoms with Crippen LogP contribution in [0, 0.1) is 15.9 Å². The van der Waals surface area contributed by atoms with Crippen molar-refractivity contribution in [3.63, 3.8) is 0 Å². The van der Waals surface area contributed by atoms with E-state index in [-0.39, 0.29) is 11.3 Å². The fraction of sp³-hybridized carbons (Fsp3) is 0.250. The van der Waals surface area contributed by atoms with Gasteiger partial charge in [0.25, 0.3) is 5.91 Å². The summed E-state index contributed by atoms with van der Waals surface area (Å²) in [5, 5.41) is 7.63. The van der Waals surface area contributed by atoms with Gasteiger partial charge in [-0.1, -0.05) is 32.0 Å². The maximum atomic E-state index is 12.9. The van der Waals surface area contributed by atoms with Crippen LogP contribution in [0.25, 0.3) is 0 Å². The molecule has 30 heavy (non-hydrogen) atoms. The van der Waals surface area contributed by atoms with Gasteiger partial charge in [0.2, 0.25) is 0 Å². The first-order valence-corrected chi connectivity index (χ1v) is 11.0. The fourth-order valence-corrected chi connectivity index (χ4v) is 4.15. The van der Waals surface area contributed by atoms with E-state index in [2.05, 4.69) is 47.2 Å². The molecule has 1 aliphatic carbocycles. The number of halogens is 1. The van der Waals surface area contributed by atoms with E-state index in [0.717, 1.165) is 50.4 Å². The van der Waals surface area contributed by atoms with Crippen LogP contribution in [0.5, 0.6) is 0 Å². The number of nitrogens with one attached hydrogen (secondary N) is 2. The number of carbonyl (C=O) groups excluding carboxylic acids is 1. The van der Waals surface area contributed by atoms with Gasteiger partial charge >= 0.3 is 0 Å². The molecule has 2 N–H and O–H groups in total. The third-order valence-electron chi connectivity index (χ3n) is 5.20. The van der Waals surface area contributed by atoms with Crippen molar-refractivity contribution in [2.75, 3.05) is 10.7 Å². The number of benzene rings is 2. The summed E-state index contributed by atoms with van der Waals surface area (Å²) in [6.07, 6.45) is 1.57. The summed E-state index contributed by atoms with van der Waals surface area (Å²) in [7, 11) is 0. The van der Waals surface area contributed by atoms with Crippen molar-refractivity contribution < 1.29 is 9.21 Å². The molecule has 0 bridgehead atoms. The number of hydrogen-bond acceptors (Lipinski definition) is 4. The summed E-state index contributed by atoms with van der Waals surface area (Å²) in [6, 6.07) is 17.5. The van der Waals surface area contributed by atoms with Crippen LogP contribution in [0.4, 0.5) is 11.4 Å². The van der Waals surface area contributed by atoms with Crippen molar-refractivity contribution in [2.24, 2.45) is 10.5 Å². The van der Waals surface area contributed by atoms with E-state index in [1.54, 1.807) is 0 Å². The van der Waals surface area contributed by atoms with Crippen LogP contribution in [0.15, 0.2) is 64.1 Å². The predicted molar refractivity (Wildman–Crippen MR) is 129 cm³/mol. The van der Waals surface area contributed by atoms with Crippen molar-refractivity contribution in [2.45, 2.75) is 33.6 Å². The minimum atomic E-state index is -0.240. The van der Waals surface area contributed by atoms with Gasteiger partial charge in [-0.05, 0) is 77.7 Å². The predicted octanol–water partition coefficient (Wildman–Crippen LogP) is 6.23. The lowest BCUT2D eigenvalue weighted by Gasteiger charge is -2.29. The summed E-state index contributed by atoms with van der Waals surface area (Å²) in [6.45, 7) is 6.32. The number of furan rings is 1. The van der Waals surface area contributed by atoms with Crippen LogP contribution in [0.1, 0.15) is 47.7 Å². The van der Waals surface area contributed by atoms with Crippen molar-refractivity contribution >= 4 is 45.6 Å². The molecule has 1 aliphatic rings. The molecule has 5 nitrogen and oxygen atoms in total. The minimum Gasteiger partial charge on any atom is -0.455 e. The van der Waals surface area contributed by atoms with E-state index in [4.69, 9.17) is 9.52 Å². The molecule has 0 atom stereocenters. The van der Waals surface area contributed by atoms with Gasteiger partial charge in [0.05, 0.1) is 11.4 Å². The van der Waals surface area contributed by atoms with E-state index in [0.29, 0.717) is 5.76 Å². The second kappa shape index (κ2) is 8.26. The van der Waals surface area contributed by atoms with Gasteiger partial charge in [-0.25, -0.2) is 0 Å². The lowest BCUT2D eigenvalue weighted by atomic mass is 9.75. The molecule has 0 fully saturated rings. The number of hydrazone groups is 1. The molecule has 0 saturated carbocycles. The standard InChI is InChI=1S/C24H24IN3O2/c1-15-21-19(28-27-18-7-5-4-6-8-18)13-24(2,3)14-20(21)30-22(15)23(29)26-17-11-9-16(25)10-12-17/h4-12,27H,13-14H2,1-3H3,(H,26,29)/b28-19-. The Morgan fingerprint density at radius 1 is 1.03 bits per heavy atom. The van der Waals surface area contributed by atoms with Gasteiger partial charge in [-0.15, -0.1) is 0 Å². The third-order valence-corrected chi connectivity index (χ3v) is 5.91. The molecular formula is C24H24IN3O2. The largest absolute Gasteiger partial charge is 0.455 e. The molecule has 0 saturated heterocycles. The Hall–Kier alpha value is -2.61. The topological polar surface area (TPSA) is 66.6 Å². The van der Waals surface area contributed by atoms with Gasteiger partial charge in [0.1, 0.15) is 5.76 Å². The van der Waals surface area contributed by atoms with Gasteiger partial charge in [0.15, 0.2) is 5.76 Å². The number of hydrogen-bond donors (Lipinski definition) is 2. The number of fused-ring (bicyclic) bond motifs is 1. The van der Waals surface area contributed by atoms with Crippen LogP contribution >= 0.6 is 22.6 Å². The minimum absolute atomic E-state index is 0.00163. The number of anilines is 2. The lowest BCUT2D eigenvalue weighted by Crippen LogP contribution is -2.27. The summed E-state index contributed by atoms with van der Waals surface area (Å²) in [4.78, 5) is 12.9. The molecule has 1 amide bonds. The normalized spacial score (nSPS) is 16.2. The maximum absolute atomic E-state index is 12.9. The molecule has 0 radical (unpaired) electrons. The first kappa shape index (κ1) is 20.7. The van der Waals surface area contributed by atoms with Crippen LogP contribution in [-0.2, 0) is 6.42 Å². The lowest BCUT2D eigenvalue weighted by molar-refractivity contribution is 0.0993. The summed E-state index contributed by atoms with van der Waals surface area (Å²) >= 11 is 2.24. The highest BCUT2D eigenvalue weighted by atomic mass is 127. The van der Waals surface area contributed by atoms with Crippen molar-refractivity contribution in [3.8, 4) is 0 Å². The van der Waals surface area contributed by atoms with Crippen molar-refractivity contribution in [1.29, 1.82) is 0 Å². The van der Waals surface area contributed by atoms with Gasteiger partial charge in [-0.3, -0.25) is 10.2 Å². The first-order valence-electron chi connectivity index (χ1n) is 9.89. The smallest absolute Gasteiger partial charge is 0.291 e. The SMILES string of the molecule is Cc1c(C(=O)Nc2ccc(I)cc2)oc2c1/C(=N\Nc1ccccc1)CC(C)(C)C2. The zero-order valence-corrected chi connectivity index (χ0v) is 19.4. The molecular weight excluding hydrogens is 489 g/mol. The Labute approximate surface area is 190 Å². The molecule has 3 aromatic rings. The van der Waals surface area contributed by atoms with E-state index in [1.165, 1.54) is 0 Å². The van der Waals surface area contributed by atoms with E-state index in [9.17, 15) is 4.79 Å². The van der Waals surface area contributed by atoms with Crippen LogP contribution < -0.4 is 10.7 Å². The second-order valence-corrected chi connectivity index (χ2v) is 9.62. The fourth-order valence-electron chi connectivity index (χ4n) is 3.79. The number of carbonyl (C=O) groups is 1. The Balaban J connectivity index is 1.66. The molecule has 6 heteroatoms. The molecule has 0 spiro atoms. The highest BCUT2D eigenvalue weighted by molar-refractivity contribution is 14.1. The Morgan fingerprint density at radius 2 is 1.73 bits per heavy atom. The average molecular weight is 513 g/mol. The van der Waals surface area contributed by atoms with E-state index >= 15 is 0 Å². The highest BCUT2D eigenvalue weighted by Gasteiger charge is 2.36. The average Bonchev–Trinajstić information content (AvgIpc) is 3.04. The summed E-state index contributed by atoms with van der Waals surface area (Å²) < 4.78 is 7.21. The second-order valence-electron chi connectivity index (χ2n) is 8.37. The monoisotopic (exact) mass is 513 g/mol. The number of rotatable bonds is 4. The maximum Gasteiger partial charge on any atom is 0.291 e. The summed E-state index contributed by atoms with van der Waals surface area (Å²) in [5.41, 5.74) is 7.51. The van der Waals surface area contributed by atoms with Gasteiger partial charge in [0, 0.05) is 26.8 Å². The quantitative estimate of drug-likeness (QED) is 0.321. The molecule has 2 aromatic carbocycles. The van der Waals surface area contributed by atoms with Crippen molar-refractivity contribution in [3.05, 3.63) is 80.8 Å². The van der Waals surface area contributed by atoms with Crippen molar-refractivity contribution in [1.82, 2.24) is 0 Å². The van der Waals surface area contributed by atoms with E-state index < -0.39 is 0 Å². The number of para-hydroxylation sites is 1. The molecule has 0 unspecified atom stereocenters. The van der Waals surface area contributed by atoms with Gasteiger partial charge < -0.3 is 9.73 Å². The highest BCUT2D eigenvalue weighted by Crippen LogP contribution is 2.39. The Morgan fingerprint density at radius 3 is 2.43 bits per heavy atom. The molecule has 154 valence electrons. The molecule has 0 aliphatic heterocycles. The van der Waals surface area contributed by atoms with Crippen LogP contribution in [0.2, 0.25) is 0 Å². The number of amides is 1. The molecule has 1 heterocycles.